The Balaban J connectivity index is 1.70. The third-order valence-corrected chi connectivity index (χ3v) is 4.42. The number of amides is 1. The first-order valence-electron chi connectivity index (χ1n) is 8.20. The minimum absolute atomic E-state index is 0.0947. The lowest BCUT2D eigenvalue weighted by atomic mass is 10.1. The lowest BCUT2D eigenvalue weighted by Gasteiger charge is -2.14. The summed E-state index contributed by atoms with van der Waals surface area (Å²) >= 11 is 3.39. The zero-order valence-corrected chi connectivity index (χ0v) is 15.8. The number of halogens is 1. The molecule has 0 saturated carbocycles. The van der Waals surface area contributed by atoms with Crippen LogP contribution in [0.1, 0.15) is 19.4 Å². The average molecular weight is 406 g/mol. The summed E-state index contributed by atoms with van der Waals surface area (Å²) in [5.41, 5.74) is 1.69. The van der Waals surface area contributed by atoms with Gasteiger partial charge in [-0.3, -0.25) is 4.79 Å². The molecular weight excluding hydrogens is 386 g/mol. The van der Waals surface area contributed by atoms with Gasteiger partial charge in [0.25, 0.3) is 5.91 Å². The van der Waals surface area contributed by atoms with Gasteiger partial charge in [0.1, 0.15) is 23.4 Å². The topological polar surface area (TPSA) is 56.8 Å². The molecule has 2 aromatic carbocycles. The van der Waals surface area contributed by atoms with E-state index in [1.165, 1.54) is 0 Å². The van der Waals surface area contributed by atoms with E-state index in [1.807, 2.05) is 44.2 Å². The highest BCUT2D eigenvalue weighted by Gasteiger charge is 2.22. The molecule has 1 atom stereocenters. The molecule has 6 heteroatoms. The molecule has 0 aliphatic carbocycles. The van der Waals surface area contributed by atoms with Crippen molar-refractivity contribution in [2.45, 2.75) is 26.4 Å². The fourth-order valence-corrected chi connectivity index (χ4v) is 3.10. The van der Waals surface area contributed by atoms with Crippen LogP contribution in [0.5, 0.6) is 17.2 Å². The molecule has 5 nitrogen and oxygen atoms in total. The van der Waals surface area contributed by atoms with E-state index in [2.05, 4.69) is 21.2 Å². The van der Waals surface area contributed by atoms with Gasteiger partial charge in [-0.2, -0.15) is 0 Å². The Kier molecular flexibility index (Phi) is 5.48. The molecule has 0 bridgehead atoms. The molecule has 0 aromatic heterocycles. The van der Waals surface area contributed by atoms with Gasteiger partial charge in [0.15, 0.2) is 6.61 Å². The number of anilines is 1. The number of carbonyl (C=O) groups is 1. The monoisotopic (exact) mass is 405 g/mol. The van der Waals surface area contributed by atoms with Crippen molar-refractivity contribution < 1.29 is 19.0 Å². The molecule has 1 aliphatic heterocycles. The van der Waals surface area contributed by atoms with Crippen molar-refractivity contribution in [2.75, 3.05) is 18.5 Å². The molecule has 0 unspecified atom stereocenters. The normalized spacial score (nSPS) is 15.2. The fraction of sp³-hybridized carbons (Fsp3) is 0.316. The van der Waals surface area contributed by atoms with Crippen molar-refractivity contribution >= 4 is 27.5 Å². The minimum atomic E-state index is -0.261. The first-order chi connectivity index (χ1) is 12.1. The minimum Gasteiger partial charge on any atom is -0.492 e. The lowest BCUT2D eigenvalue weighted by Crippen LogP contribution is -2.20. The Labute approximate surface area is 155 Å². The number of carbonyl (C=O) groups excluding carboxylic acids is 1. The lowest BCUT2D eigenvalue weighted by molar-refractivity contribution is -0.118. The highest BCUT2D eigenvalue weighted by Crippen LogP contribution is 2.38. The molecule has 0 saturated heterocycles. The summed E-state index contributed by atoms with van der Waals surface area (Å²) in [6, 6.07) is 11.2. The number of benzene rings is 2. The van der Waals surface area contributed by atoms with Crippen molar-refractivity contribution in [1.82, 2.24) is 0 Å². The smallest absolute Gasteiger partial charge is 0.262 e. The van der Waals surface area contributed by atoms with Crippen LogP contribution in [0.3, 0.4) is 0 Å². The van der Waals surface area contributed by atoms with Gasteiger partial charge >= 0.3 is 0 Å². The molecular formula is C19H20BrNO4. The second-order valence-corrected chi connectivity index (χ2v) is 6.64. The molecule has 0 spiro atoms. The van der Waals surface area contributed by atoms with Gasteiger partial charge < -0.3 is 19.5 Å². The quantitative estimate of drug-likeness (QED) is 0.782. The number of fused-ring (bicyclic) bond motifs is 1. The Bertz CT molecular complexity index is 778. The standard InChI is InChI=1S/C19H20BrNO4/c1-3-23-18-9-13-8-12(2)25-17(13)10-15(18)21-19(22)11-24-16-7-5-4-6-14(16)20/h4-7,9-10,12H,3,8,11H2,1-2H3,(H,21,22)/t12-/m0/s1. The van der Waals surface area contributed by atoms with Crippen molar-refractivity contribution in [3.8, 4) is 17.2 Å². The molecule has 2 aromatic rings. The number of hydrogen-bond acceptors (Lipinski definition) is 4. The first-order valence-corrected chi connectivity index (χ1v) is 8.99. The summed E-state index contributed by atoms with van der Waals surface area (Å²) in [4.78, 5) is 12.3. The number of para-hydroxylation sites is 1. The molecule has 1 heterocycles. The van der Waals surface area contributed by atoms with Gasteiger partial charge in [-0.05, 0) is 48.0 Å². The van der Waals surface area contributed by atoms with E-state index in [9.17, 15) is 4.79 Å². The molecule has 1 N–H and O–H groups in total. The van der Waals surface area contributed by atoms with Crippen LogP contribution in [0.15, 0.2) is 40.9 Å². The number of ether oxygens (including phenoxy) is 3. The average Bonchev–Trinajstić information content (AvgIpc) is 2.93. The predicted molar refractivity (Wildman–Crippen MR) is 99.7 cm³/mol. The molecule has 25 heavy (non-hydrogen) atoms. The summed E-state index contributed by atoms with van der Waals surface area (Å²) < 4.78 is 17.8. The second-order valence-electron chi connectivity index (χ2n) is 5.79. The van der Waals surface area contributed by atoms with E-state index in [-0.39, 0.29) is 18.6 Å². The molecule has 132 valence electrons. The van der Waals surface area contributed by atoms with Crippen LogP contribution < -0.4 is 19.5 Å². The SMILES string of the molecule is CCOc1cc2c(cc1NC(=O)COc1ccccc1Br)O[C@@H](C)C2. The summed E-state index contributed by atoms with van der Waals surface area (Å²) in [6.07, 6.45) is 0.976. The van der Waals surface area contributed by atoms with E-state index in [0.29, 0.717) is 23.8 Å². The van der Waals surface area contributed by atoms with Crippen molar-refractivity contribution in [3.63, 3.8) is 0 Å². The van der Waals surface area contributed by atoms with Crippen molar-refractivity contribution in [3.05, 3.63) is 46.4 Å². The number of hydrogen-bond donors (Lipinski definition) is 1. The fourth-order valence-electron chi connectivity index (χ4n) is 2.70. The van der Waals surface area contributed by atoms with E-state index in [1.54, 1.807) is 6.07 Å². The van der Waals surface area contributed by atoms with E-state index in [4.69, 9.17) is 14.2 Å². The first kappa shape index (κ1) is 17.6. The molecule has 0 radical (unpaired) electrons. The largest absolute Gasteiger partial charge is 0.492 e. The Morgan fingerprint density at radius 3 is 2.84 bits per heavy atom. The Morgan fingerprint density at radius 2 is 2.08 bits per heavy atom. The molecule has 0 fully saturated rings. The zero-order valence-electron chi connectivity index (χ0n) is 14.2. The summed E-state index contributed by atoms with van der Waals surface area (Å²) in [5, 5.41) is 2.85. The van der Waals surface area contributed by atoms with Crippen LogP contribution in [0, 0.1) is 0 Å². The summed E-state index contributed by atoms with van der Waals surface area (Å²) in [6.45, 7) is 4.35. The Morgan fingerprint density at radius 1 is 1.28 bits per heavy atom. The van der Waals surface area contributed by atoms with E-state index in [0.717, 1.165) is 22.2 Å². The van der Waals surface area contributed by atoms with Crippen molar-refractivity contribution in [2.24, 2.45) is 0 Å². The van der Waals surface area contributed by atoms with Gasteiger partial charge in [0.2, 0.25) is 0 Å². The maximum atomic E-state index is 12.3. The maximum absolute atomic E-state index is 12.3. The van der Waals surface area contributed by atoms with Crippen LogP contribution in [0.4, 0.5) is 5.69 Å². The third-order valence-electron chi connectivity index (χ3n) is 3.77. The Hall–Kier alpha value is -2.21. The maximum Gasteiger partial charge on any atom is 0.262 e. The van der Waals surface area contributed by atoms with Gasteiger partial charge in [-0.1, -0.05) is 12.1 Å². The highest BCUT2D eigenvalue weighted by atomic mass is 79.9. The van der Waals surface area contributed by atoms with Crippen molar-refractivity contribution in [1.29, 1.82) is 0 Å². The van der Waals surface area contributed by atoms with Gasteiger partial charge in [0, 0.05) is 18.1 Å². The van der Waals surface area contributed by atoms with E-state index < -0.39 is 0 Å². The summed E-state index contributed by atoms with van der Waals surface area (Å²) in [5.74, 6) is 1.79. The molecule has 1 amide bonds. The predicted octanol–water partition coefficient (Wildman–Crippen LogP) is 4.19. The highest BCUT2D eigenvalue weighted by molar-refractivity contribution is 9.10. The molecule has 3 rings (SSSR count). The zero-order chi connectivity index (χ0) is 17.8. The van der Waals surface area contributed by atoms with Crippen LogP contribution >= 0.6 is 15.9 Å². The number of rotatable bonds is 6. The molecule has 1 aliphatic rings. The van der Waals surface area contributed by atoms with Crippen LogP contribution in [-0.4, -0.2) is 25.2 Å². The van der Waals surface area contributed by atoms with Gasteiger partial charge in [0.05, 0.1) is 16.8 Å². The van der Waals surface area contributed by atoms with Crippen LogP contribution in [0.25, 0.3) is 0 Å². The van der Waals surface area contributed by atoms with Gasteiger partial charge in [-0.25, -0.2) is 0 Å². The number of nitrogens with one attached hydrogen (secondary N) is 1. The second kappa shape index (κ2) is 7.78. The van der Waals surface area contributed by atoms with Crippen LogP contribution in [-0.2, 0) is 11.2 Å². The van der Waals surface area contributed by atoms with Crippen LogP contribution in [0.2, 0.25) is 0 Å². The summed E-state index contributed by atoms with van der Waals surface area (Å²) in [7, 11) is 0. The van der Waals surface area contributed by atoms with Gasteiger partial charge in [-0.15, -0.1) is 0 Å². The van der Waals surface area contributed by atoms with E-state index >= 15 is 0 Å². The third kappa shape index (κ3) is 4.25.